The number of hydrogen-bond donors (Lipinski definition) is 0. The smallest absolute Gasteiger partial charge is 0.273 e. The number of carbonyl (C=O) groups is 1. The molecule has 0 radical (unpaired) electrons. The fourth-order valence-electron chi connectivity index (χ4n) is 2.11. The van der Waals surface area contributed by atoms with Crippen LogP contribution in [-0.4, -0.2) is 36.5 Å². The van der Waals surface area contributed by atoms with Gasteiger partial charge in [0.05, 0.1) is 10.7 Å². The van der Waals surface area contributed by atoms with Crippen molar-refractivity contribution in [3.63, 3.8) is 0 Å². The number of para-hydroxylation sites is 1. The van der Waals surface area contributed by atoms with Crippen molar-refractivity contribution >= 4 is 21.5 Å². The minimum Gasteiger partial charge on any atom is -0.300 e. The number of benzene rings is 1. The monoisotopic (exact) mass is 298 g/mol. The summed E-state index contributed by atoms with van der Waals surface area (Å²) >= 11 is 0. The third-order valence-electron chi connectivity index (χ3n) is 3.20. The van der Waals surface area contributed by atoms with Crippen LogP contribution >= 0.6 is 0 Å². The highest BCUT2D eigenvalue weighted by Crippen LogP contribution is 2.22. The molecule has 0 bridgehead atoms. The maximum atomic E-state index is 12.2. The van der Waals surface area contributed by atoms with E-state index in [4.69, 9.17) is 0 Å². The van der Waals surface area contributed by atoms with Crippen molar-refractivity contribution in [2.45, 2.75) is 18.6 Å². The van der Waals surface area contributed by atoms with E-state index in [0.717, 1.165) is 0 Å². The normalized spacial score (nSPS) is 17.1. The lowest BCUT2D eigenvalue weighted by molar-refractivity contribution is -0.385. The highest BCUT2D eigenvalue weighted by atomic mass is 32.2. The van der Waals surface area contributed by atoms with Crippen LogP contribution in [0.2, 0.25) is 0 Å². The predicted molar refractivity (Wildman–Crippen MR) is 71.5 cm³/mol. The molecule has 1 fully saturated rings. The molecule has 1 aliphatic rings. The van der Waals surface area contributed by atoms with E-state index in [1.165, 1.54) is 22.5 Å². The van der Waals surface area contributed by atoms with Crippen molar-refractivity contribution in [3.05, 3.63) is 39.9 Å². The highest BCUT2D eigenvalue weighted by molar-refractivity contribution is 7.88. The van der Waals surface area contributed by atoms with Gasteiger partial charge in [-0.2, -0.15) is 0 Å². The second kappa shape index (κ2) is 5.68. The van der Waals surface area contributed by atoms with Crippen molar-refractivity contribution < 1.29 is 18.1 Å². The largest absolute Gasteiger partial charge is 0.300 e. The van der Waals surface area contributed by atoms with Gasteiger partial charge in [-0.05, 0) is 0 Å². The average Bonchev–Trinajstić information content (AvgIpc) is 2.39. The summed E-state index contributed by atoms with van der Waals surface area (Å²) in [6, 6.07) is 5.78. The lowest BCUT2D eigenvalue weighted by Gasteiger charge is -2.25. The Morgan fingerprint density at radius 3 is 2.40 bits per heavy atom. The van der Waals surface area contributed by atoms with Gasteiger partial charge in [-0.1, -0.05) is 18.2 Å². The van der Waals surface area contributed by atoms with Crippen LogP contribution in [0, 0.1) is 10.1 Å². The molecule has 20 heavy (non-hydrogen) atoms. The Kier molecular flexibility index (Phi) is 4.15. The van der Waals surface area contributed by atoms with Crippen LogP contribution in [0.3, 0.4) is 0 Å². The molecule has 0 N–H and O–H groups in total. The summed E-state index contributed by atoms with van der Waals surface area (Å²) in [5.41, 5.74) is -0.0430. The molecular weight excluding hydrogens is 284 g/mol. The Bertz CT molecular complexity index is 631. The van der Waals surface area contributed by atoms with Gasteiger partial charge in [-0.15, -0.1) is 0 Å². The van der Waals surface area contributed by atoms with E-state index in [1.54, 1.807) is 6.07 Å². The topological polar surface area (TPSA) is 97.6 Å². The van der Waals surface area contributed by atoms with Gasteiger partial charge < -0.3 is 0 Å². The van der Waals surface area contributed by atoms with Crippen LogP contribution in [0.15, 0.2) is 24.3 Å². The van der Waals surface area contributed by atoms with E-state index < -0.39 is 20.7 Å². The molecule has 1 aromatic rings. The first-order valence-electron chi connectivity index (χ1n) is 6.12. The van der Waals surface area contributed by atoms with Crippen LogP contribution < -0.4 is 0 Å². The molecule has 108 valence electrons. The molecule has 7 nitrogen and oxygen atoms in total. The SMILES string of the molecule is O=C1CCN(S(=O)(=O)Cc2ccccc2[N+](=O)[O-])CC1. The maximum absolute atomic E-state index is 12.2. The van der Waals surface area contributed by atoms with E-state index in [9.17, 15) is 23.3 Å². The lowest BCUT2D eigenvalue weighted by atomic mass is 10.1. The Labute approximate surface area is 116 Å². The summed E-state index contributed by atoms with van der Waals surface area (Å²) in [6.07, 6.45) is 0.409. The molecule has 1 heterocycles. The summed E-state index contributed by atoms with van der Waals surface area (Å²) in [4.78, 5) is 21.4. The molecule has 8 heteroatoms. The number of nitro benzene ring substituents is 1. The fraction of sp³-hybridized carbons (Fsp3) is 0.417. The van der Waals surface area contributed by atoms with Gasteiger partial charge >= 0.3 is 0 Å². The minimum absolute atomic E-state index is 0.0436. The first kappa shape index (κ1) is 14.6. The zero-order valence-electron chi connectivity index (χ0n) is 10.7. The van der Waals surface area contributed by atoms with Gasteiger partial charge in [0.15, 0.2) is 0 Å². The number of nitro groups is 1. The number of nitrogens with zero attached hydrogens (tertiary/aromatic N) is 2. The summed E-state index contributed by atoms with van der Waals surface area (Å²) < 4.78 is 25.7. The van der Waals surface area contributed by atoms with Crippen LogP contribution in [-0.2, 0) is 20.6 Å². The first-order valence-corrected chi connectivity index (χ1v) is 7.73. The standard InChI is InChI=1S/C12H14N2O5S/c15-11-5-7-13(8-6-11)20(18,19)9-10-3-1-2-4-12(10)14(16)17/h1-4H,5-9H2. The molecule has 0 aromatic heterocycles. The second-order valence-electron chi connectivity index (χ2n) is 4.58. The highest BCUT2D eigenvalue weighted by Gasteiger charge is 2.29. The van der Waals surface area contributed by atoms with Crippen LogP contribution in [0.5, 0.6) is 0 Å². The molecule has 1 saturated heterocycles. The van der Waals surface area contributed by atoms with E-state index in [1.807, 2.05) is 0 Å². The third kappa shape index (κ3) is 3.20. The number of hydrogen-bond acceptors (Lipinski definition) is 5. The minimum atomic E-state index is -3.64. The van der Waals surface area contributed by atoms with Gasteiger partial charge in [-0.25, -0.2) is 12.7 Å². The van der Waals surface area contributed by atoms with Gasteiger partial charge in [0.25, 0.3) is 5.69 Å². The lowest BCUT2D eigenvalue weighted by Crippen LogP contribution is -2.39. The molecule has 0 saturated carbocycles. The molecule has 0 aliphatic carbocycles. The first-order chi connectivity index (χ1) is 9.40. The quantitative estimate of drug-likeness (QED) is 0.612. The molecule has 1 aliphatic heterocycles. The Morgan fingerprint density at radius 1 is 1.20 bits per heavy atom. The number of ketones is 1. The summed E-state index contributed by atoms with van der Waals surface area (Å²) in [6.45, 7) is 0.309. The molecule has 1 aromatic carbocycles. The molecule has 0 unspecified atom stereocenters. The van der Waals surface area contributed by atoms with Crippen molar-refractivity contribution in [2.24, 2.45) is 0 Å². The zero-order valence-corrected chi connectivity index (χ0v) is 11.5. The molecular formula is C12H14N2O5S. The number of carbonyl (C=O) groups excluding carboxylic acids is 1. The second-order valence-corrected chi connectivity index (χ2v) is 6.55. The summed E-state index contributed by atoms with van der Waals surface area (Å²) in [7, 11) is -3.64. The summed E-state index contributed by atoms with van der Waals surface area (Å²) in [5.74, 6) is -0.375. The van der Waals surface area contributed by atoms with Gasteiger partial charge in [0.1, 0.15) is 5.78 Å². The predicted octanol–water partition coefficient (Wildman–Crippen LogP) is 1.09. The average molecular weight is 298 g/mol. The van der Waals surface area contributed by atoms with E-state index in [0.29, 0.717) is 0 Å². The third-order valence-corrected chi connectivity index (χ3v) is 5.03. The van der Waals surface area contributed by atoms with Crippen LogP contribution in [0.4, 0.5) is 5.69 Å². The summed E-state index contributed by atoms with van der Waals surface area (Å²) in [5, 5.41) is 10.9. The van der Waals surface area contributed by atoms with E-state index in [2.05, 4.69) is 0 Å². The van der Waals surface area contributed by atoms with Gasteiger partial charge in [0, 0.05) is 37.6 Å². The molecule has 0 atom stereocenters. The van der Waals surface area contributed by atoms with Crippen LogP contribution in [0.1, 0.15) is 18.4 Å². The van der Waals surface area contributed by atoms with Crippen molar-refractivity contribution in [1.82, 2.24) is 4.31 Å². The number of Topliss-reactive ketones (excluding diaryl/α,β-unsaturated/α-hetero) is 1. The van der Waals surface area contributed by atoms with Gasteiger partial charge in [-0.3, -0.25) is 14.9 Å². The Balaban J connectivity index is 2.20. The van der Waals surface area contributed by atoms with Crippen molar-refractivity contribution in [3.8, 4) is 0 Å². The zero-order chi connectivity index (χ0) is 14.8. The van der Waals surface area contributed by atoms with Gasteiger partial charge in [0.2, 0.25) is 10.0 Å². The molecule has 0 amide bonds. The van der Waals surface area contributed by atoms with E-state index >= 15 is 0 Å². The number of sulfonamides is 1. The Morgan fingerprint density at radius 2 is 1.80 bits per heavy atom. The number of rotatable bonds is 4. The van der Waals surface area contributed by atoms with Crippen molar-refractivity contribution in [1.29, 1.82) is 0 Å². The Hall–Kier alpha value is -1.80. The number of piperidine rings is 1. The molecule has 0 spiro atoms. The fourth-order valence-corrected chi connectivity index (χ4v) is 3.67. The van der Waals surface area contributed by atoms with Crippen LogP contribution in [0.25, 0.3) is 0 Å². The molecule has 2 rings (SSSR count). The van der Waals surface area contributed by atoms with E-state index in [-0.39, 0.29) is 43.0 Å². The van der Waals surface area contributed by atoms with Crippen molar-refractivity contribution in [2.75, 3.05) is 13.1 Å². The maximum Gasteiger partial charge on any atom is 0.273 e.